The molecule has 2 heterocycles. The van der Waals surface area contributed by atoms with Crippen LogP contribution in [0.25, 0.3) is 11.4 Å². The molecule has 0 fully saturated rings. The summed E-state index contributed by atoms with van der Waals surface area (Å²) in [6.07, 6.45) is 2.35. The molecule has 1 N–H and O–H groups in total. The lowest BCUT2D eigenvalue weighted by atomic mass is 9.79. The molecule has 1 aromatic heterocycles. The molecule has 9 heteroatoms. The molecule has 0 aliphatic carbocycles. The lowest BCUT2D eigenvalue weighted by Crippen LogP contribution is -2.51. The molecule has 0 radical (unpaired) electrons. The first-order valence-electron chi connectivity index (χ1n) is 13.0. The van der Waals surface area contributed by atoms with Gasteiger partial charge in [-0.2, -0.15) is 0 Å². The molecule has 2 aromatic rings. The number of nitrogens with one attached hydrogen (secondary N) is 1. The van der Waals surface area contributed by atoms with Crippen LogP contribution in [0.5, 0.6) is 0 Å². The molecule has 0 spiro atoms. The van der Waals surface area contributed by atoms with Gasteiger partial charge in [0.25, 0.3) is 5.91 Å². The minimum absolute atomic E-state index is 0.100. The molecular formula is C28H39F3N4O2. The Hall–Kier alpha value is -2.68. The summed E-state index contributed by atoms with van der Waals surface area (Å²) in [4.78, 5) is 33.8. The number of Topliss-reactive ketones (excluding diaryl/α,β-unsaturated/α-hetero) is 1. The zero-order valence-electron chi connectivity index (χ0n) is 22.7. The number of imidazole rings is 1. The smallest absolute Gasteiger partial charge is 0.272 e. The number of unbranched alkanes of at least 4 members (excludes halogenated alkanes) is 1. The van der Waals surface area contributed by atoms with Crippen LogP contribution >= 0.6 is 0 Å². The highest BCUT2D eigenvalue weighted by atomic mass is 19.2. The molecule has 1 aromatic carbocycles. The van der Waals surface area contributed by atoms with Gasteiger partial charge in [0.1, 0.15) is 5.82 Å². The maximum absolute atomic E-state index is 14.1. The number of halogens is 3. The minimum Gasteiger partial charge on any atom is -0.340 e. The maximum Gasteiger partial charge on any atom is 0.272 e. The number of alkyl halides is 1. The largest absolute Gasteiger partial charge is 0.340 e. The number of hydrogen-bond donors (Lipinski definition) is 1. The van der Waals surface area contributed by atoms with Gasteiger partial charge in [-0.25, -0.2) is 13.8 Å². The Morgan fingerprint density at radius 1 is 1.19 bits per heavy atom. The molecular weight excluding hydrogens is 481 g/mol. The second kappa shape index (κ2) is 11.8. The van der Waals surface area contributed by atoms with E-state index in [2.05, 4.69) is 22.1 Å². The van der Waals surface area contributed by atoms with Gasteiger partial charge in [-0.3, -0.25) is 18.9 Å². The molecule has 0 bridgehead atoms. The zero-order valence-corrected chi connectivity index (χ0v) is 22.7. The van der Waals surface area contributed by atoms with Crippen molar-refractivity contribution in [1.29, 1.82) is 0 Å². The quantitative estimate of drug-likeness (QED) is 0.441. The van der Waals surface area contributed by atoms with Crippen LogP contribution in [-0.2, 0) is 17.9 Å². The summed E-state index contributed by atoms with van der Waals surface area (Å²) >= 11 is 0. The van der Waals surface area contributed by atoms with E-state index in [1.165, 1.54) is 6.07 Å². The molecule has 204 valence electrons. The van der Waals surface area contributed by atoms with Crippen LogP contribution in [0.3, 0.4) is 0 Å². The minimum atomic E-state index is -0.986. The van der Waals surface area contributed by atoms with Crippen molar-refractivity contribution in [2.24, 2.45) is 11.3 Å². The fourth-order valence-corrected chi connectivity index (χ4v) is 4.74. The van der Waals surface area contributed by atoms with Crippen molar-refractivity contribution in [3.8, 4) is 11.4 Å². The predicted molar refractivity (Wildman–Crippen MR) is 138 cm³/mol. The number of amides is 1. The fraction of sp³-hybridized carbons (Fsp3) is 0.607. The van der Waals surface area contributed by atoms with E-state index in [0.717, 1.165) is 18.6 Å². The number of nitrogens with zero attached hydrogens (tertiary/aromatic N) is 3. The Morgan fingerprint density at radius 3 is 2.51 bits per heavy atom. The number of aromatic nitrogens is 2. The van der Waals surface area contributed by atoms with Crippen LogP contribution in [0, 0.1) is 23.0 Å². The Balaban J connectivity index is 1.99. The SMILES string of the molecule is CC(CCCCF)C(=O)[C@@H](NC(=O)c1nc(-c2ccc(F)c(F)c2)n2c1CN(C)C(C)CC2)C(C)(C)C. The summed E-state index contributed by atoms with van der Waals surface area (Å²) in [7, 11) is 1.97. The van der Waals surface area contributed by atoms with E-state index in [9.17, 15) is 22.8 Å². The normalized spacial score (nSPS) is 18.1. The summed E-state index contributed by atoms with van der Waals surface area (Å²) in [5, 5.41) is 2.94. The van der Waals surface area contributed by atoms with Gasteiger partial charge in [0.2, 0.25) is 0 Å². The van der Waals surface area contributed by atoms with E-state index in [0.29, 0.717) is 49.4 Å². The van der Waals surface area contributed by atoms with Crippen molar-refractivity contribution in [2.45, 2.75) is 85.5 Å². The van der Waals surface area contributed by atoms with Crippen LogP contribution in [0.4, 0.5) is 13.2 Å². The second-order valence-electron chi connectivity index (χ2n) is 11.3. The van der Waals surface area contributed by atoms with E-state index in [4.69, 9.17) is 0 Å². The summed E-state index contributed by atoms with van der Waals surface area (Å²) in [5.74, 6) is -2.47. The van der Waals surface area contributed by atoms with Crippen molar-refractivity contribution in [1.82, 2.24) is 19.8 Å². The van der Waals surface area contributed by atoms with E-state index < -0.39 is 35.7 Å². The van der Waals surface area contributed by atoms with Crippen LogP contribution in [0.2, 0.25) is 0 Å². The topological polar surface area (TPSA) is 67.2 Å². The molecule has 1 amide bonds. The third-order valence-corrected chi connectivity index (χ3v) is 7.32. The molecule has 1 aliphatic heterocycles. The number of ketones is 1. The molecule has 0 saturated carbocycles. The molecule has 3 rings (SSSR count). The van der Waals surface area contributed by atoms with Gasteiger partial charge < -0.3 is 9.88 Å². The van der Waals surface area contributed by atoms with Crippen LogP contribution in [0.15, 0.2) is 18.2 Å². The van der Waals surface area contributed by atoms with E-state index in [1.54, 1.807) is 0 Å². The highest BCUT2D eigenvalue weighted by Gasteiger charge is 2.37. The van der Waals surface area contributed by atoms with Gasteiger partial charge in [0.15, 0.2) is 23.1 Å². The summed E-state index contributed by atoms with van der Waals surface area (Å²) in [6.45, 7) is 10.2. The number of carbonyl (C=O) groups excluding carboxylic acids is 2. The summed E-state index contributed by atoms with van der Waals surface area (Å²) in [5.41, 5.74) is 0.653. The number of carbonyl (C=O) groups is 2. The summed E-state index contributed by atoms with van der Waals surface area (Å²) < 4.78 is 42.2. The van der Waals surface area contributed by atoms with Gasteiger partial charge >= 0.3 is 0 Å². The number of rotatable bonds is 9. The van der Waals surface area contributed by atoms with Crippen molar-refractivity contribution in [3.63, 3.8) is 0 Å². The second-order valence-corrected chi connectivity index (χ2v) is 11.3. The molecule has 37 heavy (non-hydrogen) atoms. The summed E-state index contributed by atoms with van der Waals surface area (Å²) in [6, 6.07) is 3.06. The Labute approximate surface area is 217 Å². The Bertz CT molecular complexity index is 1130. The van der Waals surface area contributed by atoms with E-state index in [1.807, 2.05) is 39.3 Å². The predicted octanol–water partition coefficient (Wildman–Crippen LogP) is 5.54. The third-order valence-electron chi connectivity index (χ3n) is 7.32. The molecule has 0 saturated heterocycles. The van der Waals surface area contributed by atoms with Gasteiger partial charge in [0, 0.05) is 30.6 Å². The van der Waals surface area contributed by atoms with Gasteiger partial charge in [-0.1, -0.05) is 34.1 Å². The number of hydrogen-bond acceptors (Lipinski definition) is 4. The van der Waals surface area contributed by atoms with E-state index in [-0.39, 0.29) is 23.4 Å². The van der Waals surface area contributed by atoms with E-state index >= 15 is 0 Å². The lowest BCUT2D eigenvalue weighted by Gasteiger charge is -2.32. The van der Waals surface area contributed by atoms with Crippen LogP contribution in [-0.4, -0.2) is 51.9 Å². The molecule has 6 nitrogen and oxygen atoms in total. The van der Waals surface area contributed by atoms with Crippen molar-refractivity contribution >= 4 is 11.7 Å². The van der Waals surface area contributed by atoms with Gasteiger partial charge in [-0.05, 0) is 56.8 Å². The average molecular weight is 521 g/mol. The lowest BCUT2D eigenvalue weighted by molar-refractivity contribution is -0.126. The monoisotopic (exact) mass is 520 g/mol. The van der Waals surface area contributed by atoms with Crippen molar-refractivity contribution in [2.75, 3.05) is 13.7 Å². The third kappa shape index (κ3) is 6.61. The highest BCUT2D eigenvalue weighted by Crippen LogP contribution is 2.30. The highest BCUT2D eigenvalue weighted by molar-refractivity contribution is 5.98. The van der Waals surface area contributed by atoms with Gasteiger partial charge in [-0.15, -0.1) is 0 Å². The molecule has 3 atom stereocenters. The number of benzene rings is 1. The van der Waals surface area contributed by atoms with Crippen LogP contribution < -0.4 is 5.32 Å². The standard InChI is InChI=1S/C28H39F3N4O2/c1-17(9-7-8-13-29)24(36)25(28(3,4)5)33-27(37)23-22-16-34(6)18(2)12-14-35(22)26(32-23)19-10-11-20(30)21(31)15-19/h10-11,15,17-18,25H,7-9,12-14,16H2,1-6H3,(H,33,37)/t17?,18?,25-/m1/s1. The Morgan fingerprint density at radius 2 is 1.89 bits per heavy atom. The Kier molecular flexibility index (Phi) is 9.21. The fourth-order valence-electron chi connectivity index (χ4n) is 4.74. The average Bonchev–Trinajstić information content (AvgIpc) is 3.12. The first-order valence-corrected chi connectivity index (χ1v) is 13.0. The molecule has 1 aliphatic rings. The molecule has 2 unspecified atom stereocenters. The van der Waals surface area contributed by atoms with Crippen molar-refractivity contribution in [3.05, 3.63) is 41.2 Å². The first-order chi connectivity index (χ1) is 17.3. The van der Waals surface area contributed by atoms with Crippen LogP contribution in [0.1, 0.15) is 76.5 Å². The zero-order chi connectivity index (χ0) is 27.5. The first kappa shape index (κ1) is 28.9. The maximum atomic E-state index is 14.1. The number of fused-ring (bicyclic) bond motifs is 1. The van der Waals surface area contributed by atoms with Gasteiger partial charge in [0.05, 0.1) is 18.4 Å². The van der Waals surface area contributed by atoms with Crippen molar-refractivity contribution < 1.29 is 22.8 Å².